The van der Waals surface area contributed by atoms with E-state index < -0.39 is 0 Å². The Balaban J connectivity index is 1.62. The minimum atomic E-state index is -0.257. The van der Waals surface area contributed by atoms with Gasteiger partial charge in [0.2, 0.25) is 0 Å². The van der Waals surface area contributed by atoms with Crippen LogP contribution in [-0.4, -0.2) is 18.4 Å². The Morgan fingerprint density at radius 3 is 2.17 bits per heavy atom. The number of para-hydroxylation sites is 2. The van der Waals surface area contributed by atoms with Gasteiger partial charge in [0.05, 0.1) is 11.4 Å². The summed E-state index contributed by atoms with van der Waals surface area (Å²) in [6, 6.07) is 13.7. The molecule has 118 valence electrons. The van der Waals surface area contributed by atoms with E-state index >= 15 is 0 Å². The van der Waals surface area contributed by atoms with Crippen LogP contribution in [0.2, 0.25) is 0 Å². The third-order valence-electron chi connectivity index (χ3n) is 3.87. The third kappa shape index (κ3) is 3.88. The molecule has 3 rings (SSSR count). The van der Waals surface area contributed by atoms with Gasteiger partial charge in [-0.3, -0.25) is 9.59 Å². The SMILES string of the molecule is Nc1ccccc1NC(=O)c1ccc(C(=O)NCC2CC2)cc1. The van der Waals surface area contributed by atoms with Crippen LogP contribution in [0.25, 0.3) is 0 Å². The lowest BCUT2D eigenvalue weighted by molar-refractivity contribution is 0.0950. The quantitative estimate of drug-likeness (QED) is 0.742. The van der Waals surface area contributed by atoms with Crippen LogP contribution in [0.1, 0.15) is 33.6 Å². The monoisotopic (exact) mass is 309 g/mol. The lowest BCUT2D eigenvalue weighted by Gasteiger charge is -2.08. The van der Waals surface area contributed by atoms with Crippen LogP contribution >= 0.6 is 0 Å². The van der Waals surface area contributed by atoms with Crippen LogP contribution < -0.4 is 16.4 Å². The van der Waals surface area contributed by atoms with Gasteiger partial charge in [-0.05, 0) is 55.2 Å². The first-order chi connectivity index (χ1) is 11.1. The predicted octanol–water partition coefficient (Wildman–Crippen LogP) is 2.66. The Kier molecular flexibility index (Phi) is 4.28. The maximum Gasteiger partial charge on any atom is 0.255 e. The maximum atomic E-state index is 12.2. The summed E-state index contributed by atoms with van der Waals surface area (Å²) in [5.74, 6) is 0.282. The van der Waals surface area contributed by atoms with E-state index in [9.17, 15) is 9.59 Å². The smallest absolute Gasteiger partial charge is 0.255 e. The highest BCUT2D eigenvalue weighted by Crippen LogP contribution is 2.27. The molecule has 0 aliphatic heterocycles. The normalized spacial score (nSPS) is 13.4. The van der Waals surface area contributed by atoms with Crippen LogP contribution in [0.15, 0.2) is 48.5 Å². The Morgan fingerprint density at radius 1 is 0.957 bits per heavy atom. The molecule has 2 aromatic carbocycles. The molecule has 0 saturated heterocycles. The molecular weight excluding hydrogens is 290 g/mol. The van der Waals surface area contributed by atoms with Crippen molar-refractivity contribution in [3.63, 3.8) is 0 Å². The second-order valence-electron chi connectivity index (χ2n) is 5.77. The third-order valence-corrected chi connectivity index (χ3v) is 3.87. The average molecular weight is 309 g/mol. The fraction of sp³-hybridized carbons (Fsp3) is 0.222. The molecule has 23 heavy (non-hydrogen) atoms. The van der Waals surface area contributed by atoms with Crippen molar-refractivity contribution in [3.05, 3.63) is 59.7 Å². The standard InChI is InChI=1S/C18H19N3O2/c19-15-3-1-2-4-16(15)21-18(23)14-9-7-13(8-10-14)17(22)20-11-12-5-6-12/h1-4,7-10,12H,5-6,11,19H2,(H,20,22)(H,21,23). The fourth-order valence-corrected chi connectivity index (χ4v) is 2.24. The summed E-state index contributed by atoms with van der Waals surface area (Å²) in [6.07, 6.45) is 2.39. The molecule has 0 atom stereocenters. The van der Waals surface area contributed by atoms with Gasteiger partial charge in [-0.1, -0.05) is 12.1 Å². The fourth-order valence-electron chi connectivity index (χ4n) is 2.24. The molecule has 1 saturated carbocycles. The van der Waals surface area contributed by atoms with Gasteiger partial charge in [0.1, 0.15) is 0 Å². The van der Waals surface area contributed by atoms with Gasteiger partial charge in [-0.25, -0.2) is 0 Å². The van der Waals surface area contributed by atoms with Crippen LogP contribution in [0.3, 0.4) is 0 Å². The van der Waals surface area contributed by atoms with E-state index in [0.717, 1.165) is 6.54 Å². The molecule has 2 amide bonds. The maximum absolute atomic E-state index is 12.2. The number of nitrogens with one attached hydrogen (secondary N) is 2. The van der Waals surface area contributed by atoms with E-state index in [0.29, 0.717) is 28.4 Å². The van der Waals surface area contributed by atoms with E-state index in [4.69, 9.17) is 5.73 Å². The summed E-state index contributed by atoms with van der Waals surface area (Å²) in [4.78, 5) is 24.2. The van der Waals surface area contributed by atoms with Gasteiger partial charge in [0.15, 0.2) is 0 Å². The number of hydrogen-bond donors (Lipinski definition) is 3. The molecule has 0 bridgehead atoms. The first-order valence-corrected chi connectivity index (χ1v) is 7.67. The molecule has 0 aromatic heterocycles. The van der Waals surface area contributed by atoms with Crippen molar-refractivity contribution in [3.8, 4) is 0 Å². The number of nitrogen functional groups attached to an aromatic ring is 1. The Morgan fingerprint density at radius 2 is 1.57 bits per heavy atom. The number of hydrogen-bond acceptors (Lipinski definition) is 3. The highest BCUT2D eigenvalue weighted by Gasteiger charge is 2.21. The number of carbonyl (C=O) groups is 2. The van der Waals surface area contributed by atoms with Crippen molar-refractivity contribution in [2.75, 3.05) is 17.6 Å². The zero-order chi connectivity index (χ0) is 16.2. The molecule has 1 fully saturated rings. The van der Waals surface area contributed by atoms with Crippen molar-refractivity contribution in [1.82, 2.24) is 5.32 Å². The van der Waals surface area contributed by atoms with Gasteiger partial charge >= 0.3 is 0 Å². The van der Waals surface area contributed by atoms with Crippen LogP contribution in [0.4, 0.5) is 11.4 Å². The minimum Gasteiger partial charge on any atom is -0.397 e. The van der Waals surface area contributed by atoms with Crippen molar-refractivity contribution in [2.24, 2.45) is 5.92 Å². The lowest BCUT2D eigenvalue weighted by Crippen LogP contribution is -2.25. The summed E-state index contributed by atoms with van der Waals surface area (Å²) >= 11 is 0. The minimum absolute atomic E-state index is 0.101. The Labute approximate surface area is 134 Å². The summed E-state index contributed by atoms with van der Waals surface area (Å²) < 4.78 is 0. The lowest BCUT2D eigenvalue weighted by atomic mass is 10.1. The molecule has 0 spiro atoms. The number of benzene rings is 2. The largest absolute Gasteiger partial charge is 0.397 e. The first-order valence-electron chi connectivity index (χ1n) is 7.67. The molecule has 2 aromatic rings. The number of nitrogens with two attached hydrogens (primary N) is 1. The highest BCUT2D eigenvalue weighted by molar-refractivity contribution is 6.06. The van der Waals surface area contributed by atoms with Gasteiger partial charge in [0, 0.05) is 17.7 Å². The van der Waals surface area contributed by atoms with E-state index in [-0.39, 0.29) is 11.8 Å². The number of rotatable bonds is 5. The van der Waals surface area contributed by atoms with Crippen molar-refractivity contribution >= 4 is 23.2 Å². The van der Waals surface area contributed by atoms with Crippen LogP contribution in [0, 0.1) is 5.92 Å². The predicted molar refractivity (Wildman–Crippen MR) is 90.3 cm³/mol. The van der Waals surface area contributed by atoms with E-state index in [1.165, 1.54) is 12.8 Å². The zero-order valence-corrected chi connectivity index (χ0v) is 12.7. The molecule has 5 heteroatoms. The highest BCUT2D eigenvalue weighted by atomic mass is 16.2. The van der Waals surface area contributed by atoms with Gasteiger partial charge in [-0.15, -0.1) is 0 Å². The van der Waals surface area contributed by atoms with E-state index in [2.05, 4.69) is 10.6 Å². The van der Waals surface area contributed by atoms with Crippen LogP contribution in [-0.2, 0) is 0 Å². The number of anilines is 2. The van der Waals surface area contributed by atoms with Crippen molar-refractivity contribution < 1.29 is 9.59 Å². The van der Waals surface area contributed by atoms with Gasteiger partial charge < -0.3 is 16.4 Å². The second-order valence-corrected chi connectivity index (χ2v) is 5.77. The number of carbonyl (C=O) groups excluding carboxylic acids is 2. The molecule has 0 heterocycles. The Hall–Kier alpha value is -2.82. The molecule has 0 radical (unpaired) electrons. The van der Waals surface area contributed by atoms with E-state index in [1.807, 2.05) is 0 Å². The summed E-state index contributed by atoms with van der Waals surface area (Å²) in [5, 5.41) is 5.66. The summed E-state index contributed by atoms with van der Waals surface area (Å²) in [5.41, 5.74) is 7.93. The summed E-state index contributed by atoms with van der Waals surface area (Å²) in [6.45, 7) is 0.731. The zero-order valence-electron chi connectivity index (χ0n) is 12.7. The van der Waals surface area contributed by atoms with Crippen LogP contribution in [0.5, 0.6) is 0 Å². The van der Waals surface area contributed by atoms with Gasteiger partial charge in [-0.2, -0.15) is 0 Å². The molecule has 1 aliphatic carbocycles. The van der Waals surface area contributed by atoms with Crippen molar-refractivity contribution in [1.29, 1.82) is 0 Å². The second kappa shape index (κ2) is 6.52. The van der Waals surface area contributed by atoms with Crippen molar-refractivity contribution in [2.45, 2.75) is 12.8 Å². The Bertz CT molecular complexity index is 721. The topological polar surface area (TPSA) is 84.2 Å². The first kappa shape index (κ1) is 15.1. The molecule has 4 N–H and O–H groups in total. The molecular formula is C18H19N3O2. The van der Waals surface area contributed by atoms with E-state index in [1.54, 1.807) is 48.5 Å². The van der Waals surface area contributed by atoms with Gasteiger partial charge in [0.25, 0.3) is 11.8 Å². The summed E-state index contributed by atoms with van der Waals surface area (Å²) in [7, 11) is 0. The molecule has 5 nitrogen and oxygen atoms in total. The number of amides is 2. The molecule has 0 unspecified atom stereocenters. The molecule has 1 aliphatic rings. The average Bonchev–Trinajstić information content (AvgIpc) is 3.39.